The zero-order valence-corrected chi connectivity index (χ0v) is 17.8. The first-order valence-electron chi connectivity index (χ1n) is 9.98. The molecule has 2 unspecified atom stereocenters. The van der Waals surface area contributed by atoms with Gasteiger partial charge in [0.15, 0.2) is 12.2 Å². The smallest absolute Gasteiger partial charge is 0.364 e. The van der Waals surface area contributed by atoms with Crippen LogP contribution in [0.2, 0.25) is 0 Å². The van der Waals surface area contributed by atoms with Crippen molar-refractivity contribution in [2.75, 3.05) is 0 Å². The van der Waals surface area contributed by atoms with Crippen LogP contribution in [-0.2, 0) is 27.4 Å². The van der Waals surface area contributed by atoms with Crippen molar-refractivity contribution in [1.82, 2.24) is 0 Å². The van der Waals surface area contributed by atoms with Crippen LogP contribution < -0.4 is 0 Å². The van der Waals surface area contributed by atoms with E-state index in [2.05, 4.69) is 14.2 Å². The second kappa shape index (κ2) is 11.6. The van der Waals surface area contributed by atoms with Crippen molar-refractivity contribution in [3.63, 3.8) is 0 Å². The van der Waals surface area contributed by atoms with Crippen molar-refractivity contribution in [3.8, 4) is 0 Å². The summed E-state index contributed by atoms with van der Waals surface area (Å²) < 4.78 is 148. The molecule has 0 fully saturated rings. The molecule has 3 nitrogen and oxygen atoms in total. The third kappa shape index (κ3) is 10.4. The fourth-order valence-electron chi connectivity index (χ4n) is 2.82. The Morgan fingerprint density at radius 1 is 0.514 bits per heavy atom. The molecule has 0 N–H and O–H groups in total. The van der Waals surface area contributed by atoms with Gasteiger partial charge >= 0.3 is 24.6 Å². The SMILES string of the molecule is FC(F)(F)CC(OCc1ccccc1)C(F)(F)OC(F)(F)C(CC(F)(F)F)OCc1ccccc1. The van der Waals surface area contributed by atoms with Crippen LogP contribution in [-0.4, -0.2) is 36.8 Å². The van der Waals surface area contributed by atoms with Gasteiger partial charge in [0, 0.05) is 0 Å². The second-order valence-electron chi connectivity index (χ2n) is 7.43. The first kappa shape index (κ1) is 28.9. The molecule has 0 aliphatic rings. The number of rotatable bonds is 12. The molecule has 35 heavy (non-hydrogen) atoms. The minimum Gasteiger partial charge on any atom is -0.364 e. The summed E-state index contributed by atoms with van der Waals surface area (Å²) in [6.45, 7) is -1.66. The molecule has 2 rings (SSSR count). The van der Waals surface area contributed by atoms with E-state index in [1.807, 2.05) is 0 Å². The van der Waals surface area contributed by atoms with E-state index in [1.54, 1.807) is 0 Å². The van der Waals surface area contributed by atoms with E-state index in [1.165, 1.54) is 60.7 Å². The number of benzene rings is 2. The Labute approximate surface area is 193 Å². The monoisotopic (exact) mass is 522 g/mol. The summed E-state index contributed by atoms with van der Waals surface area (Å²) in [4.78, 5) is 0. The topological polar surface area (TPSA) is 27.7 Å². The molecule has 0 spiro atoms. The van der Waals surface area contributed by atoms with Gasteiger partial charge in [-0.1, -0.05) is 60.7 Å². The lowest BCUT2D eigenvalue weighted by Gasteiger charge is -2.34. The molecule has 2 aromatic rings. The lowest BCUT2D eigenvalue weighted by Crippen LogP contribution is -2.51. The second-order valence-corrected chi connectivity index (χ2v) is 7.43. The third-order valence-electron chi connectivity index (χ3n) is 4.44. The van der Waals surface area contributed by atoms with Crippen LogP contribution >= 0.6 is 0 Å². The number of ether oxygens (including phenoxy) is 3. The molecule has 2 aromatic carbocycles. The molecule has 0 saturated heterocycles. The summed E-state index contributed by atoms with van der Waals surface area (Å²) in [5, 5.41) is 0. The highest BCUT2D eigenvalue weighted by Crippen LogP contribution is 2.41. The maximum Gasteiger partial charge on any atom is 0.391 e. The largest absolute Gasteiger partial charge is 0.391 e. The highest BCUT2D eigenvalue weighted by Gasteiger charge is 2.58. The van der Waals surface area contributed by atoms with E-state index < -0.39 is 62.8 Å². The van der Waals surface area contributed by atoms with Crippen LogP contribution in [0.3, 0.4) is 0 Å². The summed E-state index contributed by atoms with van der Waals surface area (Å²) in [6, 6.07) is 14.0. The van der Waals surface area contributed by atoms with Gasteiger partial charge in [0.25, 0.3) is 0 Å². The Morgan fingerprint density at radius 3 is 1.11 bits per heavy atom. The van der Waals surface area contributed by atoms with Crippen molar-refractivity contribution < 1.29 is 58.1 Å². The molecule has 13 heteroatoms. The van der Waals surface area contributed by atoms with Gasteiger partial charge in [-0.25, -0.2) is 0 Å². The van der Waals surface area contributed by atoms with E-state index in [-0.39, 0.29) is 11.1 Å². The van der Waals surface area contributed by atoms with Crippen LogP contribution in [0, 0.1) is 0 Å². The standard InChI is InChI=1S/C22H20F10O3/c23-19(24,25)11-17(33-13-15-7-3-1-4-8-15)21(29,30)35-22(31,32)18(12-20(26,27)28)34-14-16-9-5-2-6-10-16/h1-10,17-18H,11-14H2. The highest BCUT2D eigenvalue weighted by molar-refractivity contribution is 5.14. The number of hydrogen-bond donors (Lipinski definition) is 0. The number of hydrogen-bond acceptors (Lipinski definition) is 3. The van der Waals surface area contributed by atoms with Crippen LogP contribution in [0.1, 0.15) is 24.0 Å². The summed E-state index contributed by atoms with van der Waals surface area (Å²) >= 11 is 0. The summed E-state index contributed by atoms with van der Waals surface area (Å²) in [7, 11) is 0. The van der Waals surface area contributed by atoms with E-state index in [0.29, 0.717) is 0 Å². The first-order valence-corrected chi connectivity index (χ1v) is 9.98. The average Bonchev–Trinajstić information content (AvgIpc) is 2.73. The molecule has 2 atom stereocenters. The maximum atomic E-state index is 14.5. The third-order valence-corrected chi connectivity index (χ3v) is 4.44. The van der Waals surface area contributed by atoms with Crippen molar-refractivity contribution >= 4 is 0 Å². The zero-order chi connectivity index (χ0) is 26.3. The summed E-state index contributed by atoms with van der Waals surface area (Å²) in [5.74, 6) is 0. The molecular formula is C22H20F10O3. The fraction of sp³-hybridized carbons (Fsp3) is 0.455. The zero-order valence-electron chi connectivity index (χ0n) is 17.8. The van der Waals surface area contributed by atoms with E-state index in [9.17, 15) is 43.9 Å². The predicted octanol–water partition coefficient (Wildman–Crippen LogP) is 7.26. The van der Waals surface area contributed by atoms with Gasteiger partial charge in [-0.3, -0.25) is 4.74 Å². The predicted molar refractivity (Wildman–Crippen MR) is 102 cm³/mol. The maximum absolute atomic E-state index is 14.5. The Balaban J connectivity index is 2.22. The summed E-state index contributed by atoms with van der Waals surface area (Å²) in [6.07, 6.45) is -32.6. The quantitative estimate of drug-likeness (QED) is 0.275. The van der Waals surface area contributed by atoms with Crippen LogP contribution in [0.15, 0.2) is 60.7 Å². The Hall–Kier alpha value is -2.38. The minimum atomic E-state index is -5.34. The Bertz CT molecular complexity index is 812. The number of halogens is 10. The lowest BCUT2D eigenvalue weighted by atomic mass is 10.2. The first-order chi connectivity index (χ1) is 16.1. The van der Waals surface area contributed by atoms with Crippen molar-refractivity contribution in [2.24, 2.45) is 0 Å². The van der Waals surface area contributed by atoms with Crippen LogP contribution in [0.25, 0.3) is 0 Å². The molecule has 0 bridgehead atoms. The lowest BCUT2D eigenvalue weighted by molar-refractivity contribution is -0.432. The van der Waals surface area contributed by atoms with Crippen molar-refractivity contribution in [2.45, 2.75) is 62.8 Å². The molecule has 0 aliphatic carbocycles. The molecule has 0 radical (unpaired) electrons. The van der Waals surface area contributed by atoms with Gasteiger partial charge in [-0.05, 0) is 11.1 Å². The molecule has 196 valence electrons. The molecule has 0 aliphatic heterocycles. The Morgan fingerprint density at radius 2 is 0.829 bits per heavy atom. The fourth-order valence-corrected chi connectivity index (χ4v) is 2.82. The average molecular weight is 522 g/mol. The van der Waals surface area contributed by atoms with Gasteiger partial charge < -0.3 is 9.47 Å². The molecule has 0 amide bonds. The molecule has 0 heterocycles. The Kier molecular flexibility index (Phi) is 9.54. The summed E-state index contributed by atoms with van der Waals surface area (Å²) in [5.41, 5.74) is 0.284. The van der Waals surface area contributed by atoms with Crippen LogP contribution in [0.4, 0.5) is 43.9 Å². The van der Waals surface area contributed by atoms with Crippen LogP contribution in [0.5, 0.6) is 0 Å². The minimum absolute atomic E-state index is 0.142. The van der Waals surface area contributed by atoms with Crippen molar-refractivity contribution in [3.05, 3.63) is 71.8 Å². The molecule has 0 saturated carbocycles. The normalized spacial score (nSPS) is 15.1. The number of alkyl halides is 10. The van der Waals surface area contributed by atoms with E-state index in [0.717, 1.165) is 0 Å². The highest BCUT2D eigenvalue weighted by atomic mass is 19.4. The van der Waals surface area contributed by atoms with Gasteiger partial charge in [0.2, 0.25) is 0 Å². The van der Waals surface area contributed by atoms with Gasteiger partial charge in [0.05, 0.1) is 26.1 Å². The molecule has 0 aromatic heterocycles. The van der Waals surface area contributed by atoms with Gasteiger partial charge in [-0.2, -0.15) is 43.9 Å². The molecular weight excluding hydrogens is 502 g/mol. The van der Waals surface area contributed by atoms with Crippen molar-refractivity contribution in [1.29, 1.82) is 0 Å². The van der Waals surface area contributed by atoms with Gasteiger partial charge in [0.1, 0.15) is 0 Å². The van der Waals surface area contributed by atoms with E-state index in [4.69, 9.17) is 0 Å². The van der Waals surface area contributed by atoms with Gasteiger partial charge in [-0.15, -0.1) is 0 Å². The van der Waals surface area contributed by atoms with E-state index >= 15 is 0 Å².